The number of carbonyl (C=O) groups excluding carboxylic acids is 2. The summed E-state index contributed by atoms with van der Waals surface area (Å²) in [6.45, 7) is 2.13. The van der Waals surface area contributed by atoms with Crippen molar-refractivity contribution in [2.24, 2.45) is 5.10 Å². The number of hydrogen-bond acceptors (Lipinski definition) is 6. The van der Waals surface area contributed by atoms with Crippen LogP contribution in [0.2, 0.25) is 10.0 Å². The van der Waals surface area contributed by atoms with Crippen molar-refractivity contribution >= 4 is 63.0 Å². The van der Waals surface area contributed by atoms with Crippen molar-refractivity contribution in [3.05, 3.63) is 124 Å². The van der Waals surface area contributed by atoms with Gasteiger partial charge in [0, 0.05) is 31.9 Å². The van der Waals surface area contributed by atoms with Gasteiger partial charge in [-0.3, -0.25) is 4.79 Å². The van der Waals surface area contributed by atoms with Crippen molar-refractivity contribution in [3.63, 3.8) is 0 Å². The van der Waals surface area contributed by atoms with Gasteiger partial charge in [0.15, 0.2) is 11.5 Å². The number of nitrogens with one attached hydrogen (secondary N) is 2. The van der Waals surface area contributed by atoms with E-state index in [0.29, 0.717) is 45.0 Å². The standard InChI is InChI=1S/C36H27Cl2N3O5/c1-3-45-31-18-21(12-16-30(31)46-36(43)27-19-23(37)14-17-29(27)44-2)20-39-41-35(42)34-32(25-10-6-7-11-28(25)38)26-15-13-22-8-4-5-9-24(22)33(26)40-34/h4-20,40H,3H2,1-2H3,(H,41,42). The summed E-state index contributed by atoms with van der Waals surface area (Å²) >= 11 is 12.7. The summed E-state index contributed by atoms with van der Waals surface area (Å²) in [4.78, 5) is 29.9. The first kappa shape index (κ1) is 30.7. The second kappa shape index (κ2) is 13.4. The molecule has 0 fully saturated rings. The highest BCUT2D eigenvalue weighted by Gasteiger charge is 2.22. The number of ether oxygens (including phenoxy) is 3. The van der Waals surface area contributed by atoms with Gasteiger partial charge in [0.05, 0.1) is 25.4 Å². The zero-order valence-corrected chi connectivity index (χ0v) is 26.3. The minimum absolute atomic E-state index is 0.173. The minimum Gasteiger partial charge on any atom is -0.496 e. The fourth-order valence-electron chi connectivity index (χ4n) is 5.22. The van der Waals surface area contributed by atoms with Crippen LogP contribution in [0, 0.1) is 0 Å². The molecule has 0 atom stereocenters. The maximum absolute atomic E-state index is 13.6. The third-order valence-electron chi connectivity index (χ3n) is 7.30. The molecule has 0 aliphatic carbocycles. The molecule has 46 heavy (non-hydrogen) atoms. The van der Waals surface area contributed by atoms with E-state index < -0.39 is 11.9 Å². The molecule has 6 aromatic rings. The van der Waals surface area contributed by atoms with Crippen molar-refractivity contribution in [1.29, 1.82) is 0 Å². The van der Waals surface area contributed by atoms with Gasteiger partial charge in [0.25, 0.3) is 5.91 Å². The number of hydrogen-bond donors (Lipinski definition) is 2. The van der Waals surface area contributed by atoms with Gasteiger partial charge in [-0.25, -0.2) is 10.2 Å². The van der Waals surface area contributed by atoms with E-state index >= 15 is 0 Å². The maximum atomic E-state index is 13.6. The minimum atomic E-state index is -0.658. The number of rotatable bonds is 9. The summed E-state index contributed by atoms with van der Waals surface area (Å²) in [6.07, 6.45) is 1.47. The molecule has 0 bridgehead atoms. The highest BCUT2D eigenvalue weighted by molar-refractivity contribution is 6.34. The first-order chi connectivity index (χ1) is 22.4. The molecule has 0 aliphatic heterocycles. The number of H-pyrrole nitrogens is 1. The van der Waals surface area contributed by atoms with Gasteiger partial charge >= 0.3 is 5.97 Å². The van der Waals surface area contributed by atoms with E-state index in [9.17, 15) is 9.59 Å². The Morgan fingerprint density at radius 3 is 2.46 bits per heavy atom. The quantitative estimate of drug-likeness (QED) is 0.0705. The lowest BCUT2D eigenvalue weighted by Crippen LogP contribution is -2.19. The Labute approximate surface area is 274 Å². The number of aromatic nitrogens is 1. The molecule has 0 spiro atoms. The number of hydrazone groups is 1. The number of fused-ring (bicyclic) bond motifs is 3. The highest BCUT2D eigenvalue weighted by atomic mass is 35.5. The van der Waals surface area contributed by atoms with Crippen LogP contribution in [0.4, 0.5) is 0 Å². The predicted molar refractivity (Wildman–Crippen MR) is 182 cm³/mol. The van der Waals surface area contributed by atoms with E-state index in [1.807, 2.05) is 61.5 Å². The SMILES string of the molecule is CCOc1cc(C=NNC(=O)c2[nH]c3c(ccc4ccccc43)c2-c2ccccc2Cl)ccc1OC(=O)c1cc(Cl)ccc1OC. The molecule has 0 aliphatic rings. The van der Waals surface area contributed by atoms with Crippen LogP contribution < -0.4 is 19.6 Å². The molecule has 8 nitrogen and oxygen atoms in total. The predicted octanol–water partition coefficient (Wildman–Crippen LogP) is 8.69. The Bertz CT molecular complexity index is 2140. The lowest BCUT2D eigenvalue weighted by atomic mass is 9.99. The summed E-state index contributed by atoms with van der Waals surface area (Å²) in [7, 11) is 1.45. The zero-order chi connectivity index (χ0) is 32.2. The first-order valence-electron chi connectivity index (χ1n) is 14.3. The number of nitrogens with zero attached hydrogens (tertiary/aromatic N) is 1. The van der Waals surface area contributed by atoms with E-state index in [1.165, 1.54) is 19.4 Å². The lowest BCUT2D eigenvalue weighted by Gasteiger charge is -2.13. The van der Waals surface area contributed by atoms with Gasteiger partial charge in [-0.05, 0) is 60.3 Å². The van der Waals surface area contributed by atoms with Crippen LogP contribution in [0.1, 0.15) is 33.3 Å². The molecule has 0 unspecified atom stereocenters. The fraction of sp³-hybridized carbons (Fsp3) is 0.0833. The number of aromatic amines is 1. The number of halogens is 2. The second-order valence-corrected chi connectivity index (χ2v) is 11.0. The van der Waals surface area contributed by atoms with Crippen LogP contribution in [0.5, 0.6) is 17.2 Å². The smallest absolute Gasteiger partial charge is 0.347 e. The molecular formula is C36H27Cl2N3O5. The van der Waals surface area contributed by atoms with Crippen LogP contribution in [0.3, 0.4) is 0 Å². The first-order valence-corrected chi connectivity index (χ1v) is 15.1. The largest absolute Gasteiger partial charge is 0.496 e. The van der Waals surface area contributed by atoms with Gasteiger partial charge in [0.2, 0.25) is 0 Å². The molecule has 1 amide bonds. The molecule has 10 heteroatoms. The molecule has 2 N–H and O–H groups in total. The van der Waals surface area contributed by atoms with Crippen molar-refractivity contribution in [1.82, 2.24) is 10.4 Å². The van der Waals surface area contributed by atoms with Gasteiger partial charge in [-0.1, -0.05) is 77.8 Å². The Balaban J connectivity index is 1.28. The lowest BCUT2D eigenvalue weighted by molar-refractivity contribution is 0.0724. The molecule has 230 valence electrons. The average molecular weight is 653 g/mol. The Hall–Kier alpha value is -5.31. The van der Waals surface area contributed by atoms with Crippen LogP contribution in [-0.2, 0) is 0 Å². The van der Waals surface area contributed by atoms with E-state index in [0.717, 1.165) is 27.2 Å². The summed E-state index contributed by atoms with van der Waals surface area (Å²) in [5.74, 6) is -0.264. The van der Waals surface area contributed by atoms with Crippen LogP contribution in [-0.4, -0.2) is 36.8 Å². The monoisotopic (exact) mass is 651 g/mol. The van der Waals surface area contributed by atoms with Crippen molar-refractivity contribution < 1.29 is 23.8 Å². The van der Waals surface area contributed by atoms with Crippen LogP contribution in [0.15, 0.2) is 102 Å². The summed E-state index contributed by atoms with van der Waals surface area (Å²) in [6, 6.07) is 29.0. The third kappa shape index (κ3) is 6.13. The topological polar surface area (TPSA) is 102 Å². The summed E-state index contributed by atoms with van der Waals surface area (Å²) in [5, 5.41) is 7.98. The Kier molecular flexibility index (Phi) is 8.92. The molecule has 5 aromatic carbocycles. The van der Waals surface area contributed by atoms with Crippen LogP contribution >= 0.6 is 23.2 Å². The molecule has 0 radical (unpaired) electrons. The highest BCUT2D eigenvalue weighted by Crippen LogP contribution is 2.39. The number of carbonyl (C=O) groups is 2. The molecular weight excluding hydrogens is 625 g/mol. The van der Waals surface area contributed by atoms with Gasteiger partial charge in [0.1, 0.15) is 17.0 Å². The van der Waals surface area contributed by atoms with Crippen LogP contribution in [0.25, 0.3) is 32.8 Å². The number of methoxy groups -OCH3 is 1. The fourth-order valence-corrected chi connectivity index (χ4v) is 5.63. The molecule has 1 heterocycles. The van der Waals surface area contributed by atoms with E-state index in [1.54, 1.807) is 36.4 Å². The van der Waals surface area contributed by atoms with E-state index in [4.69, 9.17) is 37.4 Å². The Morgan fingerprint density at radius 1 is 0.870 bits per heavy atom. The average Bonchev–Trinajstić information content (AvgIpc) is 3.46. The number of esters is 1. The third-order valence-corrected chi connectivity index (χ3v) is 7.86. The van der Waals surface area contributed by atoms with E-state index in [2.05, 4.69) is 15.5 Å². The maximum Gasteiger partial charge on any atom is 0.347 e. The summed E-state index contributed by atoms with van der Waals surface area (Å²) < 4.78 is 16.6. The second-order valence-electron chi connectivity index (χ2n) is 10.1. The van der Waals surface area contributed by atoms with Crippen molar-refractivity contribution in [2.75, 3.05) is 13.7 Å². The van der Waals surface area contributed by atoms with Crippen molar-refractivity contribution in [2.45, 2.75) is 6.92 Å². The molecule has 0 saturated carbocycles. The van der Waals surface area contributed by atoms with Gasteiger partial charge < -0.3 is 19.2 Å². The molecule has 0 saturated heterocycles. The normalized spacial score (nSPS) is 11.2. The zero-order valence-electron chi connectivity index (χ0n) is 24.8. The molecule has 6 rings (SSSR count). The van der Waals surface area contributed by atoms with Gasteiger partial charge in [-0.2, -0.15) is 5.10 Å². The van der Waals surface area contributed by atoms with Gasteiger partial charge in [-0.15, -0.1) is 0 Å². The molecule has 1 aromatic heterocycles. The summed E-state index contributed by atoms with van der Waals surface area (Å²) in [5.41, 5.74) is 5.95. The number of amides is 1. The number of benzene rings is 5. The van der Waals surface area contributed by atoms with Crippen molar-refractivity contribution in [3.8, 4) is 28.4 Å². The Morgan fingerprint density at radius 2 is 1.65 bits per heavy atom. The van der Waals surface area contributed by atoms with E-state index in [-0.39, 0.29) is 11.3 Å².